The van der Waals surface area contributed by atoms with Gasteiger partial charge in [0, 0.05) is 31.9 Å². The average Bonchev–Trinajstić information content (AvgIpc) is 2.33. The summed E-state index contributed by atoms with van der Waals surface area (Å²) in [6.45, 7) is 1.31. The molecular formula is C9H12LiNO5S. The zero-order chi connectivity index (χ0) is 12.1. The summed E-state index contributed by atoms with van der Waals surface area (Å²) < 4.78 is 22.4. The first kappa shape index (κ1) is 14.5. The predicted molar refractivity (Wildman–Crippen MR) is 51.9 cm³/mol. The predicted octanol–water partition coefficient (Wildman–Crippen LogP) is -5.22. The Labute approximate surface area is 111 Å². The van der Waals surface area contributed by atoms with Crippen molar-refractivity contribution >= 4 is 21.7 Å². The summed E-state index contributed by atoms with van der Waals surface area (Å²) in [5, 5.41) is 10.9. The van der Waals surface area contributed by atoms with Crippen LogP contribution in [0.2, 0.25) is 0 Å². The van der Waals surface area contributed by atoms with Crippen LogP contribution in [-0.4, -0.2) is 48.8 Å². The van der Waals surface area contributed by atoms with E-state index in [2.05, 4.69) is 0 Å². The minimum atomic E-state index is -3.43. The summed E-state index contributed by atoms with van der Waals surface area (Å²) >= 11 is 0. The first-order valence-corrected chi connectivity index (χ1v) is 6.64. The zero-order valence-electron chi connectivity index (χ0n) is 9.80. The number of likely N-dealkylation sites (tertiary alicyclic amines) is 1. The normalized spacial score (nSPS) is 28.3. The molecule has 0 N–H and O–H groups in total. The summed E-state index contributed by atoms with van der Waals surface area (Å²) in [5.74, 6) is -2.67. The maximum absolute atomic E-state index is 11.8. The van der Waals surface area contributed by atoms with Gasteiger partial charge in [-0.1, -0.05) is 0 Å². The molecule has 0 aromatic heterocycles. The number of aliphatic carboxylic acids is 1. The van der Waals surface area contributed by atoms with E-state index in [9.17, 15) is 23.1 Å². The third-order valence-electron chi connectivity index (χ3n) is 3.58. The van der Waals surface area contributed by atoms with Gasteiger partial charge in [-0.15, -0.1) is 0 Å². The van der Waals surface area contributed by atoms with E-state index in [1.165, 1.54) is 11.8 Å². The Morgan fingerprint density at radius 1 is 1.35 bits per heavy atom. The van der Waals surface area contributed by atoms with Gasteiger partial charge in [0.1, 0.15) is 4.75 Å². The average molecular weight is 253 g/mol. The molecule has 0 bridgehead atoms. The van der Waals surface area contributed by atoms with Gasteiger partial charge in [0.25, 0.3) is 0 Å². The number of amides is 1. The van der Waals surface area contributed by atoms with Crippen LogP contribution < -0.4 is 24.0 Å². The molecule has 0 aliphatic carbocycles. The van der Waals surface area contributed by atoms with Crippen LogP contribution in [-0.2, 0) is 19.4 Å². The van der Waals surface area contributed by atoms with Crippen molar-refractivity contribution in [1.82, 2.24) is 4.90 Å². The maximum atomic E-state index is 11.8. The van der Waals surface area contributed by atoms with Gasteiger partial charge in [0.05, 0.1) is 5.75 Å². The van der Waals surface area contributed by atoms with Crippen molar-refractivity contribution in [3.8, 4) is 0 Å². The molecular weight excluding hydrogens is 241 g/mol. The van der Waals surface area contributed by atoms with Crippen LogP contribution >= 0.6 is 0 Å². The van der Waals surface area contributed by atoms with Gasteiger partial charge in [0.15, 0.2) is 9.84 Å². The van der Waals surface area contributed by atoms with Crippen molar-refractivity contribution in [2.75, 3.05) is 18.8 Å². The molecule has 6 nitrogen and oxygen atoms in total. The number of hydrogen-bond acceptors (Lipinski definition) is 5. The van der Waals surface area contributed by atoms with Crippen molar-refractivity contribution in [3.63, 3.8) is 0 Å². The van der Waals surface area contributed by atoms with Crippen molar-refractivity contribution in [3.05, 3.63) is 0 Å². The number of carboxylic acid groups (broad SMARTS) is 1. The number of hydrogen-bond donors (Lipinski definition) is 0. The Balaban J connectivity index is 0.00000144. The third-order valence-corrected chi connectivity index (χ3v) is 6.13. The minimum Gasteiger partial charge on any atom is -0.550 e. The number of rotatable bonds is 1. The fourth-order valence-corrected chi connectivity index (χ4v) is 4.83. The number of carbonyl (C=O) groups excluding carboxylic acids is 2. The topological polar surface area (TPSA) is 94.6 Å². The van der Waals surface area contributed by atoms with Crippen molar-refractivity contribution < 1.29 is 42.0 Å². The Bertz CT molecular complexity index is 454. The Morgan fingerprint density at radius 3 is 2.29 bits per heavy atom. The standard InChI is InChI=1S/C9H13NO5S.Li/c1-6(11)10-4-9(5-10)7(8(12)13)2-3-16(9,14)15;/h7H,2-5H2,1H3,(H,12,13);/q;+1/p-1. The molecule has 2 heterocycles. The Hall–Kier alpha value is -0.513. The Kier molecular flexibility index (Phi) is 3.68. The molecule has 0 saturated carbocycles. The van der Waals surface area contributed by atoms with Crippen LogP contribution in [0.5, 0.6) is 0 Å². The minimum absolute atomic E-state index is 0. The van der Waals surface area contributed by atoms with E-state index in [4.69, 9.17) is 0 Å². The molecule has 2 saturated heterocycles. The van der Waals surface area contributed by atoms with E-state index in [-0.39, 0.29) is 50.0 Å². The van der Waals surface area contributed by atoms with E-state index in [0.717, 1.165) is 0 Å². The second kappa shape index (κ2) is 4.30. The number of sulfone groups is 1. The van der Waals surface area contributed by atoms with Gasteiger partial charge in [-0.25, -0.2) is 8.42 Å². The van der Waals surface area contributed by atoms with Crippen LogP contribution in [0, 0.1) is 5.92 Å². The number of carboxylic acids is 1. The Morgan fingerprint density at radius 2 is 1.88 bits per heavy atom. The monoisotopic (exact) mass is 253 g/mol. The molecule has 2 aliphatic rings. The quantitative estimate of drug-likeness (QED) is 0.435. The van der Waals surface area contributed by atoms with Gasteiger partial charge in [-0.05, 0) is 6.42 Å². The molecule has 1 unspecified atom stereocenters. The van der Waals surface area contributed by atoms with Gasteiger partial charge < -0.3 is 14.8 Å². The van der Waals surface area contributed by atoms with E-state index < -0.39 is 26.5 Å². The van der Waals surface area contributed by atoms with Gasteiger partial charge >= 0.3 is 18.9 Å². The summed E-state index contributed by atoms with van der Waals surface area (Å²) in [7, 11) is -3.43. The third kappa shape index (κ3) is 1.90. The summed E-state index contributed by atoms with van der Waals surface area (Å²) in [5.41, 5.74) is 0. The second-order valence-electron chi connectivity index (χ2n) is 4.42. The molecule has 2 rings (SSSR count). The molecule has 90 valence electrons. The first-order valence-electron chi connectivity index (χ1n) is 4.99. The van der Waals surface area contributed by atoms with Gasteiger partial charge in [-0.2, -0.15) is 0 Å². The van der Waals surface area contributed by atoms with E-state index >= 15 is 0 Å². The van der Waals surface area contributed by atoms with Gasteiger partial charge in [-0.3, -0.25) is 4.79 Å². The van der Waals surface area contributed by atoms with E-state index in [1.807, 2.05) is 0 Å². The molecule has 1 atom stereocenters. The SMILES string of the molecule is CC(=O)N1CC2(C1)C(C(=O)[O-])CCS2(=O)=O.[Li+]. The maximum Gasteiger partial charge on any atom is 1.00 e. The number of carbonyl (C=O) groups is 2. The molecule has 0 aromatic rings. The van der Waals surface area contributed by atoms with E-state index in [1.54, 1.807) is 0 Å². The van der Waals surface area contributed by atoms with Crippen LogP contribution in [0.15, 0.2) is 0 Å². The summed E-state index contributed by atoms with van der Waals surface area (Å²) in [6, 6.07) is 0. The van der Waals surface area contributed by atoms with Crippen LogP contribution in [0.3, 0.4) is 0 Å². The molecule has 2 aliphatic heterocycles. The molecule has 17 heavy (non-hydrogen) atoms. The van der Waals surface area contributed by atoms with Crippen LogP contribution in [0.1, 0.15) is 13.3 Å². The summed E-state index contributed by atoms with van der Waals surface area (Å²) in [6.07, 6.45) is 0.0937. The van der Waals surface area contributed by atoms with Crippen molar-refractivity contribution in [2.24, 2.45) is 5.92 Å². The zero-order valence-corrected chi connectivity index (χ0v) is 10.6. The molecule has 8 heteroatoms. The molecule has 2 fully saturated rings. The molecule has 1 spiro atoms. The second-order valence-corrected chi connectivity index (χ2v) is 6.87. The fraction of sp³-hybridized carbons (Fsp3) is 0.778. The first-order chi connectivity index (χ1) is 7.30. The van der Waals surface area contributed by atoms with Gasteiger partial charge in [0.2, 0.25) is 5.91 Å². The fourth-order valence-electron chi connectivity index (χ4n) is 2.53. The van der Waals surface area contributed by atoms with E-state index in [0.29, 0.717) is 0 Å². The summed E-state index contributed by atoms with van der Waals surface area (Å²) in [4.78, 5) is 23.3. The number of nitrogens with zero attached hydrogens (tertiary/aromatic N) is 1. The molecule has 0 aromatic carbocycles. The molecule has 1 amide bonds. The van der Waals surface area contributed by atoms with Crippen molar-refractivity contribution in [2.45, 2.75) is 18.1 Å². The molecule has 0 radical (unpaired) electrons. The largest absolute Gasteiger partial charge is 1.00 e. The van der Waals surface area contributed by atoms with Crippen LogP contribution in [0.25, 0.3) is 0 Å². The van der Waals surface area contributed by atoms with Crippen LogP contribution in [0.4, 0.5) is 0 Å². The van der Waals surface area contributed by atoms with Crippen molar-refractivity contribution in [1.29, 1.82) is 0 Å². The smallest absolute Gasteiger partial charge is 0.550 e.